The van der Waals surface area contributed by atoms with Crippen LogP contribution in [0.1, 0.15) is 43.6 Å². The monoisotopic (exact) mass is 397 g/mol. The molecule has 2 aromatic carbocycles. The Morgan fingerprint density at radius 1 is 1.04 bits per heavy atom. The molecule has 1 heterocycles. The molecule has 0 unspecified atom stereocenters. The lowest BCUT2D eigenvalue weighted by Gasteiger charge is -2.19. The van der Waals surface area contributed by atoms with E-state index in [1.54, 1.807) is 18.9 Å². The van der Waals surface area contributed by atoms with Crippen molar-refractivity contribution in [3.05, 3.63) is 48.0 Å². The minimum atomic E-state index is 0.171. The Balaban J connectivity index is 1.52. The summed E-state index contributed by atoms with van der Waals surface area (Å²) in [6, 6.07) is 14.3. The van der Waals surface area contributed by atoms with Crippen LogP contribution < -0.4 is 14.4 Å². The van der Waals surface area contributed by atoms with Crippen molar-refractivity contribution in [3.8, 4) is 11.5 Å². The lowest BCUT2D eigenvalue weighted by Crippen LogP contribution is -2.24. The summed E-state index contributed by atoms with van der Waals surface area (Å²) in [6.07, 6.45) is 7.54. The van der Waals surface area contributed by atoms with Gasteiger partial charge in [0.1, 0.15) is 0 Å². The van der Waals surface area contributed by atoms with E-state index in [2.05, 4.69) is 30.5 Å². The topological polar surface area (TPSA) is 38.8 Å². The van der Waals surface area contributed by atoms with E-state index in [1.165, 1.54) is 17.7 Å². The number of nitrogens with zero attached hydrogens (tertiary/aromatic N) is 1. The average Bonchev–Trinajstić information content (AvgIpc) is 3.37. The van der Waals surface area contributed by atoms with Crippen molar-refractivity contribution >= 4 is 23.4 Å². The Bertz CT molecular complexity index is 830. The van der Waals surface area contributed by atoms with Gasteiger partial charge in [-0.25, -0.2) is 0 Å². The molecule has 0 bridgehead atoms. The van der Waals surface area contributed by atoms with Crippen LogP contribution in [0.4, 0.5) is 5.69 Å². The third-order valence-corrected chi connectivity index (χ3v) is 6.51. The molecule has 1 saturated carbocycles. The quantitative estimate of drug-likeness (QED) is 0.623. The lowest BCUT2D eigenvalue weighted by molar-refractivity contribution is -0.117. The average molecular weight is 398 g/mol. The van der Waals surface area contributed by atoms with Crippen molar-refractivity contribution in [1.29, 1.82) is 0 Å². The van der Waals surface area contributed by atoms with Crippen molar-refractivity contribution in [3.63, 3.8) is 0 Å². The number of carbonyl (C=O) groups excluding carboxylic acids is 1. The summed E-state index contributed by atoms with van der Waals surface area (Å²) >= 11 is 1.71. The second kappa shape index (κ2) is 8.48. The molecular formula is C23H27NO3S. The normalized spacial score (nSPS) is 20.0. The first-order chi connectivity index (χ1) is 13.7. The van der Waals surface area contributed by atoms with Crippen LogP contribution in [0.3, 0.4) is 0 Å². The van der Waals surface area contributed by atoms with Gasteiger partial charge in [0, 0.05) is 29.5 Å². The largest absolute Gasteiger partial charge is 0.493 e. The van der Waals surface area contributed by atoms with Gasteiger partial charge in [-0.2, -0.15) is 0 Å². The van der Waals surface area contributed by atoms with E-state index in [9.17, 15) is 4.79 Å². The number of amides is 1. The number of anilines is 1. The van der Waals surface area contributed by atoms with Gasteiger partial charge >= 0.3 is 0 Å². The van der Waals surface area contributed by atoms with E-state index < -0.39 is 0 Å². The Labute approximate surface area is 171 Å². The molecule has 4 rings (SSSR count). The molecule has 1 aliphatic carbocycles. The van der Waals surface area contributed by atoms with Gasteiger partial charge in [0.05, 0.1) is 13.2 Å². The van der Waals surface area contributed by atoms with Crippen LogP contribution in [-0.4, -0.2) is 31.9 Å². The zero-order valence-electron chi connectivity index (χ0n) is 16.5. The van der Waals surface area contributed by atoms with Crippen molar-refractivity contribution in [2.24, 2.45) is 0 Å². The Morgan fingerprint density at radius 3 is 2.46 bits per heavy atom. The molecule has 1 atom stereocenters. The highest BCUT2D eigenvalue weighted by molar-refractivity contribution is 7.98. The van der Waals surface area contributed by atoms with Gasteiger partial charge in [-0.15, -0.1) is 11.8 Å². The fraction of sp³-hybridized carbons (Fsp3) is 0.435. The Morgan fingerprint density at radius 2 is 1.79 bits per heavy atom. The summed E-state index contributed by atoms with van der Waals surface area (Å²) in [4.78, 5) is 15.8. The second-order valence-electron chi connectivity index (χ2n) is 7.54. The molecule has 28 heavy (non-hydrogen) atoms. The number of methoxy groups -OCH3 is 1. The molecule has 0 N–H and O–H groups in total. The van der Waals surface area contributed by atoms with Gasteiger partial charge in [-0.1, -0.05) is 6.07 Å². The first kappa shape index (κ1) is 19.2. The van der Waals surface area contributed by atoms with E-state index in [1.807, 2.05) is 23.1 Å². The molecule has 1 amide bonds. The number of ether oxygens (including phenoxy) is 2. The molecule has 2 aromatic rings. The summed E-state index contributed by atoms with van der Waals surface area (Å²) in [7, 11) is 1.68. The predicted molar refractivity (Wildman–Crippen MR) is 114 cm³/mol. The zero-order chi connectivity index (χ0) is 19.5. The van der Waals surface area contributed by atoms with E-state index in [0.717, 1.165) is 35.6 Å². The van der Waals surface area contributed by atoms with Crippen molar-refractivity contribution in [1.82, 2.24) is 0 Å². The Kier molecular flexibility index (Phi) is 5.81. The van der Waals surface area contributed by atoms with Crippen LogP contribution in [0.2, 0.25) is 0 Å². The fourth-order valence-corrected chi connectivity index (χ4v) is 4.58. The molecule has 0 spiro atoms. The van der Waals surface area contributed by atoms with Crippen LogP contribution in [-0.2, 0) is 4.79 Å². The van der Waals surface area contributed by atoms with Crippen LogP contribution in [0.25, 0.3) is 0 Å². The summed E-state index contributed by atoms with van der Waals surface area (Å²) in [5.74, 6) is 1.92. The van der Waals surface area contributed by atoms with Crippen LogP contribution in [0.15, 0.2) is 47.4 Å². The number of hydrogen-bond acceptors (Lipinski definition) is 4. The summed E-state index contributed by atoms with van der Waals surface area (Å²) < 4.78 is 11.7. The molecule has 2 fully saturated rings. The molecule has 1 aliphatic heterocycles. The van der Waals surface area contributed by atoms with E-state index in [4.69, 9.17) is 9.47 Å². The van der Waals surface area contributed by atoms with Gasteiger partial charge < -0.3 is 14.4 Å². The molecule has 0 radical (unpaired) electrons. The van der Waals surface area contributed by atoms with Gasteiger partial charge in [-0.05, 0) is 73.9 Å². The number of benzene rings is 2. The summed E-state index contributed by atoms with van der Waals surface area (Å²) in [5, 5.41) is 0. The molecule has 1 saturated heterocycles. The lowest BCUT2D eigenvalue weighted by atomic mass is 9.98. The van der Waals surface area contributed by atoms with Crippen molar-refractivity contribution < 1.29 is 14.3 Å². The molecule has 4 nitrogen and oxygen atoms in total. The maximum Gasteiger partial charge on any atom is 0.227 e. The third kappa shape index (κ3) is 4.00. The van der Waals surface area contributed by atoms with Crippen LogP contribution in [0.5, 0.6) is 11.5 Å². The maximum absolute atomic E-state index is 12.7. The maximum atomic E-state index is 12.7. The van der Waals surface area contributed by atoms with Crippen LogP contribution >= 0.6 is 11.8 Å². The molecule has 148 valence electrons. The molecule has 2 aliphatic rings. The first-order valence-corrected chi connectivity index (χ1v) is 11.2. The summed E-state index contributed by atoms with van der Waals surface area (Å²) in [5.41, 5.74) is 2.12. The number of carbonyl (C=O) groups is 1. The number of rotatable bonds is 6. The zero-order valence-corrected chi connectivity index (χ0v) is 17.3. The predicted octanol–water partition coefficient (Wildman–Crippen LogP) is 5.26. The van der Waals surface area contributed by atoms with Crippen molar-refractivity contribution in [2.75, 3.05) is 24.8 Å². The van der Waals surface area contributed by atoms with Gasteiger partial charge in [-0.3, -0.25) is 4.79 Å². The standard InChI is InChI=1S/C23H27NO3S/c1-26-21-12-7-16(13-22(21)27-19-5-3-4-6-19)17-14-23(25)24(15-17)18-8-10-20(28-2)11-9-18/h7-13,17,19H,3-6,14-15H2,1-2H3/t17-/m1/s1. The van der Waals surface area contributed by atoms with E-state index in [-0.39, 0.29) is 17.9 Å². The summed E-state index contributed by atoms with van der Waals surface area (Å²) in [6.45, 7) is 0.701. The van der Waals surface area contributed by atoms with Gasteiger partial charge in [0.2, 0.25) is 5.91 Å². The molecular weight excluding hydrogens is 370 g/mol. The number of thioether (sulfide) groups is 1. The van der Waals surface area contributed by atoms with Crippen molar-refractivity contribution in [2.45, 2.75) is 49.0 Å². The molecule has 5 heteroatoms. The van der Waals surface area contributed by atoms with Gasteiger partial charge in [0.15, 0.2) is 11.5 Å². The van der Waals surface area contributed by atoms with E-state index in [0.29, 0.717) is 13.0 Å². The highest BCUT2D eigenvalue weighted by Crippen LogP contribution is 2.38. The third-order valence-electron chi connectivity index (χ3n) is 5.76. The SMILES string of the molecule is COc1ccc([C@@H]2CC(=O)N(c3ccc(SC)cc3)C2)cc1OC1CCCC1. The number of hydrogen-bond donors (Lipinski definition) is 0. The van der Waals surface area contributed by atoms with Crippen LogP contribution in [0, 0.1) is 0 Å². The minimum absolute atomic E-state index is 0.171. The second-order valence-corrected chi connectivity index (χ2v) is 8.42. The highest BCUT2D eigenvalue weighted by atomic mass is 32.2. The fourth-order valence-electron chi connectivity index (χ4n) is 4.17. The highest BCUT2D eigenvalue weighted by Gasteiger charge is 2.32. The van der Waals surface area contributed by atoms with Gasteiger partial charge in [0.25, 0.3) is 0 Å². The first-order valence-electron chi connectivity index (χ1n) is 9.97. The van der Waals surface area contributed by atoms with E-state index >= 15 is 0 Å². The smallest absolute Gasteiger partial charge is 0.227 e. The Hall–Kier alpha value is -2.14. The minimum Gasteiger partial charge on any atom is -0.493 e. The molecule has 0 aromatic heterocycles.